The lowest BCUT2D eigenvalue weighted by Crippen LogP contribution is -2.43. The van der Waals surface area contributed by atoms with Crippen LogP contribution in [0, 0.1) is 0 Å². The monoisotopic (exact) mass is 330 g/mol. The summed E-state index contributed by atoms with van der Waals surface area (Å²) >= 11 is 6.12. The molecule has 1 heterocycles. The second-order valence-electron chi connectivity index (χ2n) is 4.88. The predicted octanol–water partition coefficient (Wildman–Crippen LogP) is 1.49. The summed E-state index contributed by atoms with van der Waals surface area (Å²) in [5, 5.41) is 3.61. The largest absolute Gasteiger partial charge is 0.378 e. The topological polar surface area (TPSA) is 58.6 Å². The molecule has 2 rings (SSSR count). The molecular formula is C14H19ClN2O3S. The van der Waals surface area contributed by atoms with Crippen molar-refractivity contribution in [1.82, 2.24) is 4.90 Å². The summed E-state index contributed by atoms with van der Waals surface area (Å²) in [6.07, 6.45) is 1.66. The second-order valence-corrected chi connectivity index (χ2v) is 6.72. The van der Waals surface area contributed by atoms with E-state index in [-0.39, 0.29) is 12.5 Å². The molecule has 0 unspecified atom stereocenters. The Morgan fingerprint density at radius 3 is 2.81 bits per heavy atom. The maximum absolute atomic E-state index is 12.1. The molecule has 0 aromatic heterocycles. The number of amides is 1. The Kier molecular flexibility index (Phi) is 6.02. The molecular weight excluding hydrogens is 312 g/mol. The lowest BCUT2D eigenvalue weighted by molar-refractivity contribution is -0.133. The van der Waals surface area contributed by atoms with Gasteiger partial charge in [0.1, 0.15) is 0 Å². The normalized spacial score (nSPS) is 16.6. The number of carbonyl (C=O) groups is 1. The quantitative estimate of drug-likeness (QED) is 0.888. The molecule has 0 radical (unpaired) electrons. The van der Waals surface area contributed by atoms with E-state index in [2.05, 4.69) is 5.32 Å². The summed E-state index contributed by atoms with van der Waals surface area (Å²) < 4.78 is 16.5. The van der Waals surface area contributed by atoms with Crippen molar-refractivity contribution in [2.45, 2.75) is 5.75 Å². The third kappa shape index (κ3) is 4.98. The van der Waals surface area contributed by atoms with Gasteiger partial charge in [-0.15, -0.1) is 0 Å². The Balaban J connectivity index is 1.95. The molecule has 1 aromatic rings. The number of nitrogens with zero attached hydrogens (tertiary/aromatic N) is 1. The van der Waals surface area contributed by atoms with E-state index in [9.17, 15) is 9.00 Å². The van der Waals surface area contributed by atoms with Gasteiger partial charge in [-0.3, -0.25) is 9.00 Å². The van der Waals surface area contributed by atoms with Crippen molar-refractivity contribution in [1.29, 1.82) is 0 Å². The van der Waals surface area contributed by atoms with Crippen molar-refractivity contribution >= 4 is 34.0 Å². The van der Waals surface area contributed by atoms with Crippen molar-refractivity contribution < 1.29 is 13.7 Å². The van der Waals surface area contributed by atoms with Crippen LogP contribution in [0.5, 0.6) is 0 Å². The SMILES string of the molecule is C[S@@](=O)Cc1ccc(Cl)c(NCC(=O)N2CCOCC2)c1. The molecule has 116 valence electrons. The molecule has 1 amide bonds. The Bertz CT molecular complexity index is 533. The number of hydrogen-bond donors (Lipinski definition) is 1. The van der Waals surface area contributed by atoms with E-state index >= 15 is 0 Å². The molecule has 1 aliphatic heterocycles. The van der Waals surface area contributed by atoms with E-state index in [1.807, 2.05) is 12.1 Å². The van der Waals surface area contributed by atoms with Gasteiger partial charge in [-0.05, 0) is 17.7 Å². The number of carbonyl (C=O) groups excluding carboxylic acids is 1. The zero-order valence-corrected chi connectivity index (χ0v) is 13.5. The fraction of sp³-hybridized carbons (Fsp3) is 0.500. The average molecular weight is 331 g/mol. The number of halogens is 1. The first kappa shape index (κ1) is 16.3. The van der Waals surface area contributed by atoms with E-state index < -0.39 is 10.8 Å². The Morgan fingerprint density at radius 1 is 1.43 bits per heavy atom. The van der Waals surface area contributed by atoms with Crippen molar-refractivity contribution in [3.8, 4) is 0 Å². The molecule has 1 aliphatic rings. The van der Waals surface area contributed by atoms with Crippen molar-refractivity contribution in [3.05, 3.63) is 28.8 Å². The van der Waals surface area contributed by atoms with E-state index in [0.29, 0.717) is 42.8 Å². The summed E-state index contributed by atoms with van der Waals surface area (Å²) in [6.45, 7) is 2.62. The summed E-state index contributed by atoms with van der Waals surface area (Å²) in [5.74, 6) is 0.502. The van der Waals surface area contributed by atoms with Crippen LogP contribution in [0.15, 0.2) is 18.2 Å². The average Bonchev–Trinajstić information content (AvgIpc) is 2.48. The highest BCUT2D eigenvalue weighted by atomic mass is 35.5. The van der Waals surface area contributed by atoms with Crippen molar-refractivity contribution in [3.63, 3.8) is 0 Å². The third-order valence-corrected chi connectivity index (χ3v) is 4.26. The fourth-order valence-corrected chi connectivity index (χ4v) is 2.96. The number of hydrogen-bond acceptors (Lipinski definition) is 4. The summed E-state index contributed by atoms with van der Waals surface area (Å²) in [4.78, 5) is 13.8. The molecule has 0 saturated carbocycles. The molecule has 0 aliphatic carbocycles. The lowest BCUT2D eigenvalue weighted by atomic mass is 10.2. The third-order valence-electron chi connectivity index (χ3n) is 3.19. The molecule has 21 heavy (non-hydrogen) atoms. The van der Waals surface area contributed by atoms with E-state index in [0.717, 1.165) is 5.56 Å². The van der Waals surface area contributed by atoms with Crippen LogP contribution < -0.4 is 5.32 Å². The lowest BCUT2D eigenvalue weighted by Gasteiger charge is -2.27. The number of morpholine rings is 1. The van der Waals surface area contributed by atoms with Gasteiger partial charge >= 0.3 is 0 Å². The molecule has 7 heteroatoms. The Morgan fingerprint density at radius 2 is 2.14 bits per heavy atom. The van der Waals surface area contributed by atoms with E-state index in [1.165, 1.54) is 0 Å². The molecule has 1 N–H and O–H groups in total. The summed E-state index contributed by atoms with van der Waals surface area (Å²) in [7, 11) is -0.908. The zero-order chi connectivity index (χ0) is 15.2. The summed E-state index contributed by atoms with van der Waals surface area (Å²) in [6, 6.07) is 5.44. The van der Waals surface area contributed by atoms with Crippen LogP contribution in [-0.2, 0) is 26.1 Å². The van der Waals surface area contributed by atoms with Gasteiger partial charge in [-0.25, -0.2) is 0 Å². The van der Waals surface area contributed by atoms with Gasteiger partial charge in [0.05, 0.1) is 30.5 Å². The zero-order valence-electron chi connectivity index (χ0n) is 11.9. The minimum atomic E-state index is -0.908. The Hall–Kier alpha value is -1.11. The van der Waals surface area contributed by atoms with Gasteiger partial charge in [-0.1, -0.05) is 17.7 Å². The maximum atomic E-state index is 12.1. The minimum Gasteiger partial charge on any atom is -0.378 e. The molecule has 0 bridgehead atoms. The number of ether oxygens (including phenoxy) is 1. The molecule has 1 aromatic carbocycles. The van der Waals surface area contributed by atoms with Gasteiger partial charge in [-0.2, -0.15) is 0 Å². The van der Waals surface area contributed by atoms with Gasteiger partial charge in [0, 0.05) is 35.9 Å². The first-order valence-electron chi connectivity index (χ1n) is 6.74. The molecule has 1 atom stereocenters. The van der Waals surface area contributed by atoms with Crippen LogP contribution in [0.2, 0.25) is 5.02 Å². The smallest absolute Gasteiger partial charge is 0.242 e. The number of rotatable bonds is 5. The van der Waals surface area contributed by atoms with Crippen LogP contribution in [-0.4, -0.2) is 54.1 Å². The molecule has 1 saturated heterocycles. The van der Waals surface area contributed by atoms with Crippen molar-refractivity contribution in [2.75, 3.05) is 44.4 Å². The number of benzene rings is 1. The van der Waals surface area contributed by atoms with Gasteiger partial charge < -0.3 is 15.0 Å². The second kappa shape index (κ2) is 7.77. The molecule has 5 nitrogen and oxygen atoms in total. The highest BCUT2D eigenvalue weighted by molar-refractivity contribution is 7.83. The fourth-order valence-electron chi connectivity index (χ4n) is 2.13. The van der Waals surface area contributed by atoms with Crippen LogP contribution in [0.25, 0.3) is 0 Å². The first-order valence-corrected chi connectivity index (χ1v) is 8.84. The van der Waals surface area contributed by atoms with E-state index in [1.54, 1.807) is 17.2 Å². The van der Waals surface area contributed by atoms with Crippen LogP contribution in [0.4, 0.5) is 5.69 Å². The molecule has 0 spiro atoms. The maximum Gasteiger partial charge on any atom is 0.242 e. The first-order chi connectivity index (χ1) is 10.1. The minimum absolute atomic E-state index is 0.0267. The standard InChI is InChI=1S/C14H19ClN2O3S/c1-21(19)10-11-2-3-12(15)13(8-11)16-9-14(18)17-4-6-20-7-5-17/h2-3,8,16H,4-7,9-10H2,1H3/t21-/m1/s1. The highest BCUT2D eigenvalue weighted by Gasteiger charge is 2.16. The van der Waals surface area contributed by atoms with Gasteiger partial charge in [0.2, 0.25) is 5.91 Å². The highest BCUT2D eigenvalue weighted by Crippen LogP contribution is 2.23. The van der Waals surface area contributed by atoms with Crippen LogP contribution >= 0.6 is 11.6 Å². The Labute approximate surface area is 132 Å². The number of anilines is 1. The van der Waals surface area contributed by atoms with Gasteiger partial charge in [0.25, 0.3) is 0 Å². The van der Waals surface area contributed by atoms with Crippen LogP contribution in [0.3, 0.4) is 0 Å². The predicted molar refractivity (Wildman–Crippen MR) is 85.1 cm³/mol. The molecule has 1 fully saturated rings. The van der Waals surface area contributed by atoms with E-state index in [4.69, 9.17) is 16.3 Å². The van der Waals surface area contributed by atoms with Crippen LogP contribution in [0.1, 0.15) is 5.56 Å². The summed E-state index contributed by atoms with van der Waals surface area (Å²) in [5.41, 5.74) is 1.63. The number of nitrogens with one attached hydrogen (secondary N) is 1. The van der Waals surface area contributed by atoms with Gasteiger partial charge in [0.15, 0.2) is 0 Å². The van der Waals surface area contributed by atoms with Crippen molar-refractivity contribution in [2.24, 2.45) is 0 Å².